The van der Waals surface area contributed by atoms with Gasteiger partial charge in [0.25, 0.3) is 0 Å². The van der Waals surface area contributed by atoms with Crippen LogP contribution in [0.1, 0.15) is 13.3 Å². The summed E-state index contributed by atoms with van der Waals surface area (Å²) in [7, 11) is -1.29. The van der Waals surface area contributed by atoms with Crippen LogP contribution in [-0.4, -0.2) is 34.3 Å². The van der Waals surface area contributed by atoms with E-state index in [1.54, 1.807) is 7.05 Å². The Balaban J connectivity index is 2.18. The zero-order valence-corrected chi connectivity index (χ0v) is 9.02. The van der Waals surface area contributed by atoms with Crippen molar-refractivity contribution in [3.05, 3.63) is 0 Å². The van der Waals surface area contributed by atoms with Crippen molar-refractivity contribution >= 4 is 10.0 Å². The van der Waals surface area contributed by atoms with Gasteiger partial charge in [0.15, 0.2) is 0 Å². The highest BCUT2D eigenvalue weighted by atomic mass is 32.2. The lowest BCUT2D eigenvalue weighted by Gasteiger charge is -2.04. The van der Waals surface area contributed by atoms with Gasteiger partial charge in [-0.2, -0.15) is 0 Å². The molecule has 1 saturated carbocycles. The first-order valence-corrected chi connectivity index (χ1v) is 6.32. The van der Waals surface area contributed by atoms with Crippen LogP contribution in [0.25, 0.3) is 0 Å². The molecule has 0 spiro atoms. The molecule has 0 aromatic carbocycles. The van der Waals surface area contributed by atoms with Crippen molar-refractivity contribution in [2.24, 2.45) is 11.8 Å². The maximum Gasteiger partial charge on any atom is 0.212 e. The summed E-state index contributed by atoms with van der Waals surface area (Å²) in [5.41, 5.74) is 0. The number of rotatable bonds is 6. The van der Waals surface area contributed by atoms with Crippen LogP contribution in [0.15, 0.2) is 0 Å². The number of nitrogens with one attached hydrogen (secondary N) is 2. The molecule has 4 nitrogen and oxygen atoms in total. The third-order valence-corrected chi connectivity index (χ3v) is 3.81. The molecule has 0 radical (unpaired) electrons. The average molecular weight is 206 g/mol. The molecule has 78 valence electrons. The van der Waals surface area contributed by atoms with Gasteiger partial charge in [-0.1, -0.05) is 6.92 Å². The van der Waals surface area contributed by atoms with E-state index in [-0.39, 0.29) is 5.75 Å². The Morgan fingerprint density at radius 2 is 2.08 bits per heavy atom. The molecule has 2 N–H and O–H groups in total. The Kier molecular flexibility index (Phi) is 3.70. The van der Waals surface area contributed by atoms with Crippen molar-refractivity contribution < 1.29 is 8.42 Å². The van der Waals surface area contributed by atoms with Crippen molar-refractivity contribution in [2.45, 2.75) is 13.3 Å². The average Bonchev–Trinajstić information content (AvgIpc) is 2.76. The maximum absolute atomic E-state index is 11.3. The highest BCUT2D eigenvalue weighted by Gasteiger charge is 2.32. The highest BCUT2D eigenvalue weighted by Crippen LogP contribution is 2.36. The van der Waals surface area contributed by atoms with Crippen molar-refractivity contribution in [1.29, 1.82) is 0 Å². The SMILES string of the molecule is CNCCS(=O)(=O)NCC1CC1C. The summed E-state index contributed by atoms with van der Waals surface area (Å²) < 4.78 is 25.2. The van der Waals surface area contributed by atoms with Crippen LogP contribution in [-0.2, 0) is 10.0 Å². The molecule has 5 heteroatoms. The van der Waals surface area contributed by atoms with Gasteiger partial charge < -0.3 is 5.32 Å². The van der Waals surface area contributed by atoms with Gasteiger partial charge in [-0.3, -0.25) is 0 Å². The molecule has 0 heterocycles. The predicted octanol–water partition coefficient (Wildman–Crippen LogP) is -0.219. The van der Waals surface area contributed by atoms with Crippen LogP contribution in [0.4, 0.5) is 0 Å². The number of hydrogen-bond donors (Lipinski definition) is 2. The number of hydrogen-bond acceptors (Lipinski definition) is 3. The van der Waals surface area contributed by atoms with Crippen LogP contribution in [0.2, 0.25) is 0 Å². The standard InChI is InChI=1S/C8H18N2O2S/c1-7-5-8(7)6-10-13(11,12)4-3-9-2/h7-10H,3-6H2,1-2H3. The monoisotopic (exact) mass is 206 g/mol. The lowest BCUT2D eigenvalue weighted by Crippen LogP contribution is -2.32. The van der Waals surface area contributed by atoms with Crippen LogP contribution in [0.3, 0.4) is 0 Å². The second kappa shape index (κ2) is 4.39. The molecule has 1 fully saturated rings. The van der Waals surface area contributed by atoms with Crippen molar-refractivity contribution in [2.75, 3.05) is 25.9 Å². The zero-order valence-electron chi connectivity index (χ0n) is 8.21. The summed E-state index contributed by atoms with van der Waals surface area (Å²) in [4.78, 5) is 0. The molecule has 1 aliphatic carbocycles. The molecular weight excluding hydrogens is 188 g/mol. The fourth-order valence-electron chi connectivity index (χ4n) is 1.23. The summed E-state index contributed by atoms with van der Waals surface area (Å²) in [6.45, 7) is 3.27. The third kappa shape index (κ3) is 4.06. The minimum atomic E-state index is -3.03. The van der Waals surface area contributed by atoms with Crippen molar-refractivity contribution in [3.8, 4) is 0 Å². The van der Waals surface area contributed by atoms with Crippen LogP contribution < -0.4 is 10.0 Å². The lowest BCUT2D eigenvalue weighted by molar-refractivity contribution is 0.572. The summed E-state index contributed by atoms with van der Waals surface area (Å²) in [6, 6.07) is 0. The molecular formula is C8H18N2O2S. The molecule has 1 aliphatic rings. The minimum absolute atomic E-state index is 0.171. The normalized spacial score (nSPS) is 27.5. The molecule has 1 rings (SSSR count). The summed E-state index contributed by atoms with van der Waals surface area (Å²) in [5.74, 6) is 1.45. The molecule has 0 bridgehead atoms. The van der Waals surface area contributed by atoms with Crippen LogP contribution >= 0.6 is 0 Å². The predicted molar refractivity (Wildman–Crippen MR) is 53.0 cm³/mol. The van der Waals surface area contributed by atoms with E-state index in [2.05, 4.69) is 17.0 Å². The van der Waals surface area contributed by atoms with Gasteiger partial charge in [-0.15, -0.1) is 0 Å². The molecule has 0 aliphatic heterocycles. The first-order chi connectivity index (χ1) is 6.05. The van der Waals surface area contributed by atoms with E-state index in [0.717, 1.165) is 6.42 Å². The quantitative estimate of drug-likeness (QED) is 0.632. The number of sulfonamides is 1. The fourth-order valence-corrected chi connectivity index (χ4v) is 2.31. The van der Waals surface area contributed by atoms with Gasteiger partial charge in [0.2, 0.25) is 10.0 Å². The Morgan fingerprint density at radius 3 is 2.54 bits per heavy atom. The van der Waals surface area contributed by atoms with E-state index in [9.17, 15) is 8.42 Å². The summed E-state index contributed by atoms with van der Waals surface area (Å²) >= 11 is 0. The van der Waals surface area contributed by atoms with Gasteiger partial charge in [-0.05, 0) is 25.3 Å². The van der Waals surface area contributed by atoms with E-state index in [1.165, 1.54) is 0 Å². The Hall–Kier alpha value is -0.130. The van der Waals surface area contributed by atoms with Crippen LogP contribution in [0.5, 0.6) is 0 Å². The van der Waals surface area contributed by atoms with E-state index in [4.69, 9.17) is 0 Å². The lowest BCUT2D eigenvalue weighted by atomic mass is 10.3. The first kappa shape index (κ1) is 10.9. The minimum Gasteiger partial charge on any atom is -0.319 e. The molecule has 0 aromatic heterocycles. The smallest absolute Gasteiger partial charge is 0.212 e. The second-order valence-electron chi connectivity index (χ2n) is 3.74. The topological polar surface area (TPSA) is 58.2 Å². The van der Waals surface area contributed by atoms with Gasteiger partial charge in [0.05, 0.1) is 5.75 Å². The molecule has 0 saturated heterocycles. The molecule has 2 atom stereocenters. The van der Waals surface area contributed by atoms with Crippen molar-refractivity contribution in [1.82, 2.24) is 10.0 Å². The molecule has 0 amide bonds. The first-order valence-electron chi connectivity index (χ1n) is 4.67. The van der Waals surface area contributed by atoms with Gasteiger partial charge >= 0.3 is 0 Å². The Bertz CT molecular complexity index is 251. The van der Waals surface area contributed by atoms with E-state index in [1.807, 2.05) is 0 Å². The van der Waals surface area contributed by atoms with E-state index >= 15 is 0 Å². The molecule has 0 aromatic rings. The Morgan fingerprint density at radius 1 is 1.46 bits per heavy atom. The zero-order chi connectivity index (χ0) is 9.90. The van der Waals surface area contributed by atoms with Crippen LogP contribution in [0, 0.1) is 11.8 Å². The van der Waals surface area contributed by atoms with Gasteiger partial charge in [0, 0.05) is 13.1 Å². The van der Waals surface area contributed by atoms with Gasteiger partial charge in [0.1, 0.15) is 0 Å². The van der Waals surface area contributed by atoms with Gasteiger partial charge in [-0.25, -0.2) is 13.1 Å². The second-order valence-corrected chi connectivity index (χ2v) is 5.67. The Labute approximate surface area is 80.1 Å². The molecule has 2 unspecified atom stereocenters. The van der Waals surface area contributed by atoms with Crippen molar-refractivity contribution in [3.63, 3.8) is 0 Å². The molecule has 13 heavy (non-hydrogen) atoms. The van der Waals surface area contributed by atoms with E-state index < -0.39 is 10.0 Å². The summed E-state index contributed by atoms with van der Waals surface area (Å²) in [5, 5.41) is 2.82. The summed E-state index contributed by atoms with van der Waals surface area (Å²) in [6.07, 6.45) is 1.16. The van der Waals surface area contributed by atoms with E-state index in [0.29, 0.717) is 24.9 Å². The highest BCUT2D eigenvalue weighted by molar-refractivity contribution is 7.89. The third-order valence-electron chi connectivity index (χ3n) is 2.46. The maximum atomic E-state index is 11.3. The fraction of sp³-hybridized carbons (Fsp3) is 1.00. The largest absolute Gasteiger partial charge is 0.319 e.